The molecule has 1 rings (SSSR count). The summed E-state index contributed by atoms with van der Waals surface area (Å²) in [6.45, 7) is 4.58. The smallest absolute Gasteiger partial charge is 0.293 e. The van der Waals surface area contributed by atoms with Crippen LogP contribution in [-0.2, 0) is 9.53 Å². The summed E-state index contributed by atoms with van der Waals surface area (Å²) in [5, 5.41) is 3.68. The molecule has 1 N–H and O–H groups in total. The molecular formula is C15H29NO2. The molecule has 0 bridgehead atoms. The molecule has 1 fully saturated rings. The van der Waals surface area contributed by atoms with E-state index in [4.69, 9.17) is 4.74 Å². The Morgan fingerprint density at radius 3 is 2.83 bits per heavy atom. The van der Waals surface area contributed by atoms with Crippen molar-refractivity contribution < 1.29 is 9.53 Å². The van der Waals surface area contributed by atoms with Crippen molar-refractivity contribution in [2.75, 3.05) is 13.2 Å². The average molecular weight is 255 g/mol. The number of ether oxygens (including phenoxy) is 1. The van der Waals surface area contributed by atoms with Crippen LogP contribution < -0.4 is 5.32 Å². The summed E-state index contributed by atoms with van der Waals surface area (Å²) in [5.74, 6) is 0.872. The molecule has 0 aromatic carbocycles. The zero-order chi connectivity index (χ0) is 13.1. The van der Waals surface area contributed by atoms with E-state index in [9.17, 15) is 4.79 Å². The molecule has 1 aliphatic rings. The van der Waals surface area contributed by atoms with E-state index >= 15 is 0 Å². The van der Waals surface area contributed by atoms with Crippen LogP contribution in [0, 0.1) is 5.92 Å². The number of rotatable bonds is 10. The van der Waals surface area contributed by atoms with E-state index in [0.29, 0.717) is 19.1 Å². The van der Waals surface area contributed by atoms with Crippen molar-refractivity contribution >= 4 is 6.47 Å². The van der Waals surface area contributed by atoms with E-state index in [1.165, 1.54) is 51.5 Å². The van der Waals surface area contributed by atoms with Gasteiger partial charge in [0.25, 0.3) is 6.47 Å². The van der Waals surface area contributed by atoms with Gasteiger partial charge < -0.3 is 10.1 Å². The van der Waals surface area contributed by atoms with Crippen LogP contribution in [0.1, 0.15) is 64.7 Å². The van der Waals surface area contributed by atoms with Gasteiger partial charge in [-0.3, -0.25) is 4.79 Å². The zero-order valence-corrected chi connectivity index (χ0v) is 11.8. The molecule has 106 valence electrons. The molecule has 0 saturated carbocycles. The lowest BCUT2D eigenvalue weighted by Crippen LogP contribution is -2.41. The van der Waals surface area contributed by atoms with Crippen LogP contribution in [-0.4, -0.2) is 25.7 Å². The maximum absolute atomic E-state index is 10.0. The highest BCUT2D eigenvalue weighted by molar-refractivity contribution is 5.36. The molecule has 2 atom stereocenters. The van der Waals surface area contributed by atoms with Gasteiger partial charge in [0.05, 0.1) is 6.61 Å². The van der Waals surface area contributed by atoms with Crippen LogP contribution in [0.4, 0.5) is 0 Å². The van der Waals surface area contributed by atoms with E-state index < -0.39 is 0 Å². The fourth-order valence-corrected chi connectivity index (χ4v) is 2.96. The van der Waals surface area contributed by atoms with Gasteiger partial charge in [0.1, 0.15) is 0 Å². The van der Waals surface area contributed by atoms with Crippen LogP contribution >= 0.6 is 0 Å². The maximum atomic E-state index is 10.0. The maximum Gasteiger partial charge on any atom is 0.293 e. The molecule has 3 nitrogen and oxygen atoms in total. The van der Waals surface area contributed by atoms with E-state index in [1.807, 2.05) is 0 Å². The van der Waals surface area contributed by atoms with Gasteiger partial charge in [0.15, 0.2) is 0 Å². The number of carbonyl (C=O) groups excluding carboxylic acids is 1. The van der Waals surface area contributed by atoms with Crippen LogP contribution in [0.2, 0.25) is 0 Å². The third kappa shape index (κ3) is 6.39. The number of unbranched alkanes of at least 4 members (excludes halogenated alkanes) is 3. The molecule has 1 saturated heterocycles. The van der Waals surface area contributed by atoms with Gasteiger partial charge in [-0.15, -0.1) is 0 Å². The lowest BCUT2D eigenvalue weighted by Gasteiger charge is -2.33. The first kappa shape index (κ1) is 15.5. The lowest BCUT2D eigenvalue weighted by molar-refractivity contribution is -0.128. The topological polar surface area (TPSA) is 38.3 Å². The van der Waals surface area contributed by atoms with Gasteiger partial charge in [0.2, 0.25) is 0 Å². The zero-order valence-electron chi connectivity index (χ0n) is 11.8. The standard InChI is InChI=1S/C15H29NO2/c1-2-3-4-8-14-9-7-11-16-15(14)10-5-6-12-18-13-17/h13-16H,2-12H2,1H3. The molecule has 2 unspecified atom stereocenters. The monoisotopic (exact) mass is 255 g/mol. The number of nitrogens with one attached hydrogen (secondary N) is 1. The third-order valence-electron chi connectivity index (χ3n) is 4.00. The van der Waals surface area contributed by atoms with Crippen LogP contribution in [0.5, 0.6) is 0 Å². The molecule has 0 aliphatic carbocycles. The van der Waals surface area contributed by atoms with Crippen molar-refractivity contribution in [3.8, 4) is 0 Å². The van der Waals surface area contributed by atoms with Gasteiger partial charge >= 0.3 is 0 Å². The molecule has 0 aromatic heterocycles. The van der Waals surface area contributed by atoms with Gasteiger partial charge in [-0.2, -0.15) is 0 Å². The molecule has 3 heteroatoms. The Morgan fingerprint density at radius 1 is 1.22 bits per heavy atom. The Balaban J connectivity index is 2.15. The first-order chi connectivity index (χ1) is 8.88. The van der Waals surface area contributed by atoms with Crippen molar-refractivity contribution in [1.29, 1.82) is 0 Å². The molecule has 0 radical (unpaired) electrons. The Labute approximate surface area is 112 Å². The Morgan fingerprint density at radius 2 is 2.06 bits per heavy atom. The summed E-state index contributed by atoms with van der Waals surface area (Å²) < 4.78 is 4.73. The molecule has 0 aromatic rings. The summed E-state index contributed by atoms with van der Waals surface area (Å²) in [7, 11) is 0. The first-order valence-electron chi connectivity index (χ1n) is 7.67. The van der Waals surface area contributed by atoms with Crippen molar-refractivity contribution in [2.45, 2.75) is 70.8 Å². The Hall–Kier alpha value is -0.570. The SMILES string of the molecule is CCCCCC1CCCNC1CCCCOC=O. The van der Waals surface area contributed by atoms with Crippen LogP contribution in [0.25, 0.3) is 0 Å². The lowest BCUT2D eigenvalue weighted by atomic mass is 9.84. The number of hydrogen-bond donors (Lipinski definition) is 1. The molecule has 1 aliphatic heterocycles. The summed E-state index contributed by atoms with van der Waals surface area (Å²) in [4.78, 5) is 10.0. The number of piperidine rings is 1. The molecule has 1 heterocycles. The predicted octanol–water partition coefficient (Wildman–Crippen LogP) is 3.28. The third-order valence-corrected chi connectivity index (χ3v) is 4.00. The van der Waals surface area contributed by atoms with E-state index in [1.54, 1.807) is 0 Å². The first-order valence-corrected chi connectivity index (χ1v) is 7.67. The minimum atomic E-state index is 0.548. The highest BCUT2D eigenvalue weighted by atomic mass is 16.5. The highest BCUT2D eigenvalue weighted by Crippen LogP contribution is 2.25. The van der Waals surface area contributed by atoms with E-state index in [-0.39, 0.29) is 0 Å². The second-order valence-electron chi connectivity index (χ2n) is 5.42. The van der Waals surface area contributed by atoms with E-state index in [2.05, 4.69) is 12.2 Å². The van der Waals surface area contributed by atoms with Gasteiger partial charge in [0, 0.05) is 6.04 Å². The minimum absolute atomic E-state index is 0.548. The largest absolute Gasteiger partial charge is 0.468 e. The van der Waals surface area contributed by atoms with Crippen LogP contribution in [0.15, 0.2) is 0 Å². The fourth-order valence-electron chi connectivity index (χ4n) is 2.96. The quantitative estimate of drug-likeness (QED) is 0.481. The Bertz CT molecular complexity index is 209. The molecule has 18 heavy (non-hydrogen) atoms. The van der Waals surface area contributed by atoms with Crippen molar-refractivity contribution in [3.63, 3.8) is 0 Å². The Kier molecular flexibility index (Phi) is 8.92. The second-order valence-corrected chi connectivity index (χ2v) is 5.42. The van der Waals surface area contributed by atoms with E-state index in [0.717, 1.165) is 18.8 Å². The fraction of sp³-hybridized carbons (Fsp3) is 0.933. The summed E-state index contributed by atoms with van der Waals surface area (Å²) >= 11 is 0. The van der Waals surface area contributed by atoms with Crippen LogP contribution in [0.3, 0.4) is 0 Å². The van der Waals surface area contributed by atoms with Crippen molar-refractivity contribution in [3.05, 3.63) is 0 Å². The van der Waals surface area contributed by atoms with Gasteiger partial charge in [-0.05, 0) is 51.0 Å². The second kappa shape index (κ2) is 10.4. The number of hydrogen-bond acceptors (Lipinski definition) is 3. The summed E-state index contributed by atoms with van der Waals surface area (Å²) in [6, 6.07) is 0.701. The molecule has 0 amide bonds. The van der Waals surface area contributed by atoms with Gasteiger partial charge in [-0.1, -0.05) is 26.2 Å². The predicted molar refractivity (Wildman–Crippen MR) is 74.5 cm³/mol. The minimum Gasteiger partial charge on any atom is -0.468 e. The summed E-state index contributed by atoms with van der Waals surface area (Å²) in [6.07, 6.45) is 11.6. The highest BCUT2D eigenvalue weighted by Gasteiger charge is 2.23. The van der Waals surface area contributed by atoms with Gasteiger partial charge in [-0.25, -0.2) is 0 Å². The normalized spacial score (nSPS) is 23.8. The average Bonchev–Trinajstić information content (AvgIpc) is 2.40. The molecular weight excluding hydrogens is 226 g/mol. The van der Waals surface area contributed by atoms with Crippen molar-refractivity contribution in [1.82, 2.24) is 5.32 Å². The van der Waals surface area contributed by atoms with Crippen molar-refractivity contribution in [2.24, 2.45) is 5.92 Å². The summed E-state index contributed by atoms with van der Waals surface area (Å²) in [5.41, 5.74) is 0. The molecule has 0 spiro atoms. The number of carbonyl (C=O) groups is 1.